The maximum Gasteiger partial charge on any atom is 0.230 e. The number of carbonyl (C=O) groups excluding carboxylic acids is 1. The van der Waals surface area contributed by atoms with E-state index in [1.165, 1.54) is 5.56 Å². The Morgan fingerprint density at radius 3 is 3.19 bits per heavy atom. The zero-order valence-electron chi connectivity index (χ0n) is 12.5. The number of aryl methyl sites for hydroxylation is 1. The molecule has 2 fully saturated rings. The molecule has 5 nitrogen and oxygen atoms in total. The fourth-order valence-electron chi connectivity index (χ4n) is 3.59. The third-order valence-corrected chi connectivity index (χ3v) is 4.91. The van der Waals surface area contributed by atoms with Crippen molar-refractivity contribution in [3.63, 3.8) is 0 Å². The highest BCUT2D eigenvalue weighted by Gasteiger charge is 2.49. The van der Waals surface area contributed by atoms with Crippen molar-refractivity contribution < 1.29 is 9.90 Å². The van der Waals surface area contributed by atoms with Gasteiger partial charge in [0.1, 0.15) is 0 Å². The monoisotopic (exact) mass is 289 g/mol. The molecule has 2 N–H and O–H groups in total. The molecule has 0 aromatic carbocycles. The number of hydrogen-bond acceptors (Lipinski definition) is 4. The first kappa shape index (κ1) is 14.5. The van der Waals surface area contributed by atoms with Crippen LogP contribution in [-0.2, 0) is 11.3 Å². The minimum atomic E-state index is -0.618. The molecule has 0 radical (unpaired) electrons. The van der Waals surface area contributed by atoms with Crippen LogP contribution in [0, 0.1) is 12.3 Å². The molecule has 2 aliphatic heterocycles. The normalized spacial score (nSPS) is 30.4. The van der Waals surface area contributed by atoms with Crippen molar-refractivity contribution in [2.24, 2.45) is 5.41 Å². The fourth-order valence-corrected chi connectivity index (χ4v) is 3.59. The largest absolute Gasteiger partial charge is 0.392 e. The van der Waals surface area contributed by atoms with Gasteiger partial charge in [-0.15, -0.1) is 0 Å². The van der Waals surface area contributed by atoms with Crippen LogP contribution >= 0.6 is 0 Å². The molecule has 1 aromatic heterocycles. The number of aromatic nitrogens is 1. The van der Waals surface area contributed by atoms with E-state index in [0.29, 0.717) is 13.0 Å². The van der Waals surface area contributed by atoms with E-state index in [1.807, 2.05) is 13.0 Å². The Labute approximate surface area is 125 Å². The Hall–Kier alpha value is -1.46. The molecule has 1 spiro atoms. The SMILES string of the molecule is Cc1ncccc1CN1CC[C@H](O)[C@@]2(CCCNC2=O)C1. The lowest BCUT2D eigenvalue weighted by molar-refractivity contribution is -0.149. The second-order valence-electron chi connectivity index (χ2n) is 6.28. The number of nitrogens with one attached hydrogen (secondary N) is 1. The Bertz CT molecular complexity index is 534. The van der Waals surface area contributed by atoms with E-state index < -0.39 is 11.5 Å². The van der Waals surface area contributed by atoms with E-state index in [1.54, 1.807) is 6.20 Å². The lowest BCUT2D eigenvalue weighted by Crippen LogP contribution is -2.61. The second kappa shape index (κ2) is 5.73. The summed E-state index contributed by atoms with van der Waals surface area (Å²) in [6.07, 6.45) is 3.66. The van der Waals surface area contributed by atoms with Crippen molar-refractivity contribution in [1.82, 2.24) is 15.2 Å². The number of hydrogen-bond donors (Lipinski definition) is 2. The number of aliphatic hydroxyl groups is 1. The van der Waals surface area contributed by atoms with Gasteiger partial charge in [-0.05, 0) is 37.8 Å². The molecule has 1 amide bonds. The molecule has 5 heteroatoms. The average Bonchev–Trinajstić information content (AvgIpc) is 2.48. The number of amides is 1. The van der Waals surface area contributed by atoms with Crippen LogP contribution in [0.3, 0.4) is 0 Å². The topological polar surface area (TPSA) is 65.5 Å². The molecule has 2 atom stereocenters. The average molecular weight is 289 g/mol. The predicted octanol–water partition coefficient (Wildman–Crippen LogP) is 0.853. The number of pyridine rings is 1. The van der Waals surface area contributed by atoms with Gasteiger partial charge < -0.3 is 10.4 Å². The van der Waals surface area contributed by atoms with Crippen LogP contribution in [0.5, 0.6) is 0 Å². The number of carbonyl (C=O) groups is 1. The van der Waals surface area contributed by atoms with Crippen molar-refractivity contribution in [2.45, 2.75) is 38.8 Å². The Kier molecular flexibility index (Phi) is 3.95. The number of piperidine rings is 2. The van der Waals surface area contributed by atoms with Crippen LogP contribution in [0.2, 0.25) is 0 Å². The maximum absolute atomic E-state index is 12.3. The van der Waals surface area contributed by atoms with Gasteiger partial charge in [0.05, 0.1) is 11.5 Å². The maximum atomic E-state index is 12.3. The highest BCUT2D eigenvalue weighted by Crippen LogP contribution is 2.37. The Balaban J connectivity index is 1.77. The first-order valence-electron chi connectivity index (χ1n) is 7.71. The van der Waals surface area contributed by atoms with Crippen molar-refractivity contribution in [3.05, 3.63) is 29.6 Å². The van der Waals surface area contributed by atoms with E-state index in [9.17, 15) is 9.90 Å². The molecule has 114 valence electrons. The van der Waals surface area contributed by atoms with Gasteiger partial charge in [-0.1, -0.05) is 6.07 Å². The molecule has 3 rings (SSSR count). The standard InChI is InChI=1S/C16H23N3O2/c1-12-13(4-2-7-17-12)10-19-9-5-14(20)16(11-19)6-3-8-18-15(16)21/h2,4,7,14,20H,3,5-6,8-11H2,1H3,(H,18,21)/t14-,16+/m0/s1. The Morgan fingerprint density at radius 1 is 1.57 bits per heavy atom. The van der Waals surface area contributed by atoms with Gasteiger partial charge in [-0.25, -0.2) is 0 Å². The van der Waals surface area contributed by atoms with Crippen LogP contribution < -0.4 is 5.32 Å². The summed E-state index contributed by atoms with van der Waals surface area (Å²) >= 11 is 0. The Morgan fingerprint density at radius 2 is 2.43 bits per heavy atom. The lowest BCUT2D eigenvalue weighted by Gasteiger charge is -2.47. The summed E-state index contributed by atoms with van der Waals surface area (Å²) < 4.78 is 0. The highest BCUT2D eigenvalue weighted by atomic mass is 16.3. The molecule has 21 heavy (non-hydrogen) atoms. The fraction of sp³-hybridized carbons (Fsp3) is 0.625. The summed E-state index contributed by atoms with van der Waals surface area (Å²) in [5.74, 6) is 0.0221. The molecule has 2 saturated heterocycles. The molecular weight excluding hydrogens is 266 g/mol. The molecule has 0 bridgehead atoms. The molecule has 0 aliphatic carbocycles. The van der Waals surface area contributed by atoms with Gasteiger partial charge in [0.2, 0.25) is 5.91 Å². The van der Waals surface area contributed by atoms with Crippen LogP contribution in [0.4, 0.5) is 0 Å². The molecule has 2 aliphatic rings. The van der Waals surface area contributed by atoms with Gasteiger partial charge >= 0.3 is 0 Å². The van der Waals surface area contributed by atoms with Crippen molar-refractivity contribution in [3.8, 4) is 0 Å². The van der Waals surface area contributed by atoms with Crippen LogP contribution in [-0.4, -0.2) is 46.6 Å². The first-order chi connectivity index (χ1) is 10.1. The summed E-state index contributed by atoms with van der Waals surface area (Å²) in [4.78, 5) is 18.9. The van der Waals surface area contributed by atoms with Crippen LogP contribution in [0.1, 0.15) is 30.5 Å². The van der Waals surface area contributed by atoms with Gasteiger partial charge in [0.25, 0.3) is 0 Å². The van der Waals surface area contributed by atoms with E-state index in [-0.39, 0.29) is 5.91 Å². The van der Waals surface area contributed by atoms with Crippen molar-refractivity contribution in [2.75, 3.05) is 19.6 Å². The van der Waals surface area contributed by atoms with E-state index in [0.717, 1.165) is 38.2 Å². The van der Waals surface area contributed by atoms with Crippen molar-refractivity contribution in [1.29, 1.82) is 0 Å². The summed E-state index contributed by atoms with van der Waals surface area (Å²) in [6, 6.07) is 4.03. The van der Waals surface area contributed by atoms with Gasteiger partial charge in [-0.2, -0.15) is 0 Å². The third-order valence-electron chi connectivity index (χ3n) is 4.91. The zero-order valence-corrected chi connectivity index (χ0v) is 12.5. The third kappa shape index (κ3) is 2.68. The summed E-state index contributed by atoms with van der Waals surface area (Å²) in [5.41, 5.74) is 1.61. The first-order valence-corrected chi connectivity index (χ1v) is 7.71. The van der Waals surface area contributed by atoms with E-state index >= 15 is 0 Å². The molecule has 0 saturated carbocycles. The predicted molar refractivity (Wildman–Crippen MR) is 79.6 cm³/mol. The molecule has 0 unspecified atom stereocenters. The van der Waals surface area contributed by atoms with Crippen LogP contribution in [0.15, 0.2) is 18.3 Å². The van der Waals surface area contributed by atoms with E-state index in [4.69, 9.17) is 0 Å². The van der Waals surface area contributed by atoms with E-state index in [2.05, 4.69) is 21.3 Å². The minimum absolute atomic E-state index is 0.0221. The minimum Gasteiger partial charge on any atom is -0.392 e. The summed E-state index contributed by atoms with van der Waals surface area (Å²) in [7, 11) is 0. The molecular formula is C16H23N3O2. The van der Waals surface area contributed by atoms with Crippen LogP contribution in [0.25, 0.3) is 0 Å². The summed E-state index contributed by atoms with van der Waals surface area (Å²) in [6.45, 7) is 4.99. The zero-order chi connectivity index (χ0) is 14.9. The number of nitrogens with zero attached hydrogens (tertiary/aromatic N) is 2. The second-order valence-corrected chi connectivity index (χ2v) is 6.28. The smallest absolute Gasteiger partial charge is 0.230 e. The number of rotatable bonds is 2. The van der Waals surface area contributed by atoms with Gasteiger partial charge in [0, 0.05) is 38.1 Å². The quantitative estimate of drug-likeness (QED) is 0.847. The van der Waals surface area contributed by atoms with Gasteiger partial charge in [-0.3, -0.25) is 14.7 Å². The lowest BCUT2D eigenvalue weighted by atomic mass is 9.71. The van der Waals surface area contributed by atoms with Crippen molar-refractivity contribution >= 4 is 5.91 Å². The molecule has 3 heterocycles. The summed E-state index contributed by atoms with van der Waals surface area (Å²) in [5, 5.41) is 13.3. The van der Waals surface area contributed by atoms with Gasteiger partial charge in [0.15, 0.2) is 0 Å². The number of likely N-dealkylation sites (tertiary alicyclic amines) is 1. The number of aliphatic hydroxyl groups excluding tert-OH is 1. The highest BCUT2D eigenvalue weighted by molar-refractivity contribution is 5.84. The molecule has 1 aromatic rings.